The number of methoxy groups -OCH3 is 1. The Kier molecular flexibility index (Phi) is 9.68. The van der Waals surface area contributed by atoms with Crippen LogP contribution < -0.4 is 5.32 Å². The van der Waals surface area contributed by atoms with Gasteiger partial charge in [-0.15, -0.1) is 11.3 Å². The van der Waals surface area contributed by atoms with E-state index in [4.69, 9.17) is 14.7 Å². The molecule has 1 aromatic heterocycles. The average Bonchev–Trinajstić information content (AvgIpc) is 3.15. The van der Waals surface area contributed by atoms with Crippen LogP contribution in [0.1, 0.15) is 62.8 Å². The Bertz CT molecular complexity index is 597. The van der Waals surface area contributed by atoms with Crippen LogP contribution in [0.2, 0.25) is 0 Å². The lowest BCUT2D eigenvalue weighted by atomic mass is 9.83. The van der Waals surface area contributed by atoms with E-state index in [-0.39, 0.29) is 6.10 Å². The molecule has 1 heterocycles. The number of hydrogen-bond donors (Lipinski definition) is 1. The minimum absolute atomic E-state index is 0.0438. The molecule has 1 N–H and O–H groups in total. The minimum Gasteiger partial charge on any atom is -0.375 e. The van der Waals surface area contributed by atoms with Crippen molar-refractivity contribution >= 4 is 17.3 Å². The topological polar surface area (TPSA) is 53.0 Å². The van der Waals surface area contributed by atoms with Crippen molar-refractivity contribution in [2.45, 2.75) is 64.6 Å². The molecule has 1 aromatic rings. The summed E-state index contributed by atoms with van der Waals surface area (Å²) in [6.07, 6.45) is 6.84. The van der Waals surface area contributed by atoms with Gasteiger partial charge >= 0.3 is 0 Å². The Hall–Kier alpha value is -1.18. The van der Waals surface area contributed by atoms with E-state index < -0.39 is 0 Å². The SMILES string of the molecule is CCNC(=NCC(C1CCCCC1)N(C)C)N(C)Cc1csc(C(C)OC)n1. The molecule has 6 nitrogen and oxygen atoms in total. The lowest BCUT2D eigenvalue weighted by Crippen LogP contribution is -2.42. The number of guanidine groups is 1. The molecule has 0 radical (unpaired) electrons. The van der Waals surface area contributed by atoms with Crippen molar-refractivity contribution in [2.75, 3.05) is 41.3 Å². The summed E-state index contributed by atoms with van der Waals surface area (Å²) in [5.41, 5.74) is 1.06. The van der Waals surface area contributed by atoms with Crippen LogP contribution in [0.15, 0.2) is 10.4 Å². The first kappa shape index (κ1) is 23.1. The third-order valence-corrected chi connectivity index (χ3v) is 6.71. The number of thiazole rings is 1. The number of hydrogen-bond acceptors (Lipinski definition) is 5. The first-order valence-electron chi connectivity index (χ1n) is 10.6. The monoisotopic (exact) mass is 409 g/mol. The van der Waals surface area contributed by atoms with Crippen LogP contribution >= 0.6 is 11.3 Å². The third-order valence-electron chi connectivity index (χ3n) is 5.65. The van der Waals surface area contributed by atoms with Crippen molar-refractivity contribution in [3.63, 3.8) is 0 Å². The molecule has 0 aliphatic heterocycles. The summed E-state index contributed by atoms with van der Waals surface area (Å²) < 4.78 is 5.38. The van der Waals surface area contributed by atoms with Crippen molar-refractivity contribution < 1.29 is 4.74 Å². The predicted molar refractivity (Wildman–Crippen MR) is 119 cm³/mol. The summed E-state index contributed by atoms with van der Waals surface area (Å²) in [6.45, 7) is 6.60. The highest BCUT2D eigenvalue weighted by molar-refractivity contribution is 7.09. The van der Waals surface area contributed by atoms with Crippen LogP contribution in [-0.2, 0) is 11.3 Å². The third kappa shape index (κ3) is 6.71. The van der Waals surface area contributed by atoms with Gasteiger partial charge in [0.05, 0.1) is 18.8 Å². The van der Waals surface area contributed by atoms with Gasteiger partial charge in [-0.05, 0) is 46.7 Å². The summed E-state index contributed by atoms with van der Waals surface area (Å²) in [4.78, 5) is 14.3. The van der Waals surface area contributed by atoms with Gasteiger partial charge in [-0.25, -0.2) is 4.98 Å². The highest BCUT2D eigenvalue weighted by atomic mass is 32.1. The molecule has 1 fully saturated rings. The second kappa shape index (κ2) is 11.7. The first-order chi connectivity index (χ1) is 13.5. The molecule has 1 aliphatic carbocycles. The first-order valence-corrected chi connectivity index (χ1v) is 11.5. The number of nitrogens with one attached hydrogen (secondary N) is 1. The summed E-state index contributed by atoms with van der Waals surface area (Å²) in [7, 11) is 8.20. The largest absolute Gasteiger partial charge is 0.375 e. The molecular formula is C21H39N5OS. The highest BCUT2D eigenvalue weighted by Crippen LogP contribution is 2.28. The van der Waals surface area contributed by atoms with Crippen molar-refractivity contribution in [1.29, 1.82) is 0 Å². The molecule has 2 atom stereocenters. The van der Waals surface area contributed by atoms with Gasteiger partial charge in [0.2, 0.25) is 0 Å². The number of likely N-dealkylation sites (N-methyl/N-ethyl adjacent to an activating group) is 1. The average molecular weight is 410 g/mol. The number of aliphatic imine (C=N–C) groups is 1. The van der Waals surface area contributed by atoms with Crippen molar-refractivity contribution in [3.05, 3.63) is 16.1 Å². The molecule has 0 bridgehead atoms. The minimum atomic E-state index is 0.0438. The molecule has 0 spiro atoms. The van der Waals surface area contributed by atoms with Crippen LogP contribution in [0, 0.1) is 5.92 Å². The summed E-state index contributed by atoms with van der Waals surface area (Å²) in [5, 5.41) is 6.60. The van der Waals surface area contributed by atoms with Crippen molar-refractivity contribution in [3.8, 4) is 0 Å². The maximum Gasteiger partial charge on any atom is 0.194 e. The van der Waals surface area contributed by atoms with Crippen LogP contribution in [0.25, 0.3) is 0 Å². The van der Waals surface area contributed by atoms with Crippen LogP contribution in [0.4, 0.5) is 0 Å². The number of nitrogens with zero attached hydrogens (tertiary/aromatic N) is 4. The van der Waals surface area contributed by atoms with Gasteiger partial charge in [-0.2, -0.15) is 0 Å². The van der Waals surface area contributed by atoms with Gasteiger partial charge < -0.3 is 19.9 Å². The Morgan fingerprint density at radius 3 is 2.64 bits per heavy atom. The zero-order valence-electron chi connectivity index (χ0n) is 18.6. The molecule has 0 saturated heterocycles. The van der Waals surface area contributed by atoms with Gasteiger partial charge in [0.1, 0.15) is 11.1 Å². The lowest BCUT2D eigenvalue weighted by Gasteiger charge is -2.34. The second-order valence-corrected chi connectivity index (χ2v) is 8.92. The van der Waals surface area contributed by atoms with Crippen LogP contribution in [0.5, 0.6) is 0 Å². The number of ether oxygens (including phenoxy) is 1. The Morgan fingerprint density at radius 2 is 2.04 bits per heavy atom. The standard InChI is InChI=1S/C21H39N5OS/c1-7-22-21(23-13-19(25(3)4)17-11-9-8-10-12-17)26(5)14-18-15-28-20(24-18)16(2)27-6/h15-17,19H,7-14H2,1-6H3,(H,22,23). The maximum atomic E-state index is 5.38. The molecule has 28 heavy (non-hydrogen) atoms. The van der Waals surface area contributed by atoms with E-state index in [0.29, 0.717) is 6.04 Å². The fourth-order valence-corrected chi connectivity index (χ4v) is 4.75. The molecule has 160 valence electrons. The molecule has 0 amide bonds. The molecule has 1 aliphatic rings. The van der Waals surface area contributed by atoms with E-state index in [9.17, 15) is 0 Å². The van der Waals surface area contributed by atoms with Gasteiger partial charge in [0.15, 0.2) is 5.96 Å². The molecule has 7 heteroatoms. The predicted octanol–water partition coefficient (Wildman–Crippen LogP) is 3.76. The van der Waals surface area contributed by atoms with Crippen LogP contribution in [-0.4, -0.2) is 68.1 Å². The Balaban J connectivity index is 2.03. The molecule has 0 aromatic carbocycles. The van der Waals surface area contributed by atoms with Gasteiger partial charge in [0, 0.05) is 32.1 Å². The maximum absolute atomic E-state index is 5.38. The normalized spacial score (nSPS) is 18.3. The fraction of sp³-hybridized carbons (Fsp3) is 0.810. The van der Waals surface area contributed by atoms with E-state index in [0.717, 1.165) is 42.2 Å². The molecular weight excluding hydrogens is 370 g/mol. The Labute approximate surface area is 175 Å². The van der Waals surface area contributed by atoms with E-state index in [1.54, 1.807) is 18.4 Å². The van der Waals surface area contributed by atoms with Crippen molar-refractivity contribution in [2.24, 2.45) is 10.9 Å². The highest BCUT2D eigenvalue weighted by Gasteiger charge is 2.25. The lowest BCUT2D eigenvalue weighted by molar-refractivity contribution is 0.119. The molecule has 1 saturated carbocycles. The summed E-state index contributed by atoms with van der Waals surface area (Å²) in [6, 6.07) is 0.510. The quantitative estimate of drug-likeness (QED) is 0.497. The zero-order valence-corrected chi connectivity index (χ0v) is 19.4. The fourth-order valence-electron chi connectivity index (χ4n) is 3.90. The Morgan fingerprint density at radius 1 is 1.32 bits per heavy atom. The molecule has 2 rings (SSSR count). The number of rotatable bonds is 9. The van der Waals surface area contributed by atoms with Gasteiger partial charge in [-0.3, -0.25) is 4.99 Å². The second-order valence-electron chi connectivity index (χ2n) is 8.03. The van der Waals surface area contributed by atoms with Gasteiger partial charge in [0.25, 0.3) is 0 Å². The number of aromatic nitrogens is 1. The molecule has 2 unspecified atom stereocenters. The van der Waals surface area contributed by atoms with Gasteiger partial charge in [-0.1, -0.05) is 19.3 Å². The zero-order chi connectivity index (χ0) is 20.5. The van der Waals surface area contributed by atoms with Crippen molar-refractivity contribution in [1.82, 2.24) is 20.1 Å². The van der Waals surface area contributed by atoms with E-state index in [1.165, 1.54) is 32.1 Å². The van der Waals surface area contributed by atoms with Crippen LogP contribution in [0.3, 0.4) is 0 Å². The smallest absolute Gasteiger partial charge is 0.194 e. The van der Waals surface area contributed by atoms with E-state index in [1.807, 2.05) is 6.92 Å². The summed E-state index contributed by atoms with van der Waals surface area (Å²) >= 11 is 1.66. The summed E-state index contributed by atoms with van der Waals surface area (Å²) in [5.74, 6) is 1.72. The van der Waals surface area contributed by atoms with E-state index >= 15 is 0 Å². The van der Waals surface area contributed by atoms with E-state index in [2.05, 4.69) is 48.6 Å².